The van der Waals surface area contributed by atoms with Gasteiger partial charge in [-0.1, -0.05) is 6.07 Å². The SMILES string of the molecule is COc1ccc(-c2n[nH]nc2-c2cccc(C)n2)cc1F. The number of halogens is 1. The average molecular weight is 284 g/mol. The molecule has 0 amide bonds. The van der Waals surface area contributed by atoms with E-state index in [1.54, 1.807) is 12.1 Å². The monoisotopic (exact) mass is 284 g/mol. The third kappa shape index (κ3) is 2.47. The molecule has 2 heterocycles. The van der Waals surface area contributed by atoms with Crippen LogP contribution in [0.5, 0.6) is 5.75 Å². The fourth-order valence-electron chi connectivity index (χ4n) is 2.10. The van der Waals surface area contributed by atoms with Crippen LogP contribution < -0.4 is 4.74 Å². The Labute approximate surface area is 120 Å². The van der Waals surface area contributed by atoms with Crippen molar-refractivity contribution in [3.63, 3.8) is 0 Å². The van der Waals surface area contributed by atoms with Crippen LogP contribution in [0.4, 0.5) is 4.39 Å². The lowest BCUT2D eigenvalue weighted by Gasteiger charge is -2.05. The highest BCUT2D eigenvalue weighted by atomic mass is 19.1. The van der Waals surface area contributed by atoms with Crippen molar-refractivity contribution in [2.24, 2.45) is 0 Å². The van der Waals surface area contributed by atoms with Crippen LogP contribution in [-0.2, 0) is 0 Å². The number of nitrogens with one attached hydrogen (secondary N) is 1. The first-order valence-electron chi connectivity index (χ1n) is 6.38. The summed E-state index contributed by atoms with van der Waals surface area (Å²) in [6.45, 7) is 1.90. The van der Waals surface area contributed by atoms with Crippen LogP contribution in [0, 0.1) is 12.7 Å². The van der Waals surface area contributed by atoms with Gasteiger partial charge in [0.05, 0.1) is 12.8 Å². The first kappa shape index (κ1) is 13.2. The van der Waals surface area contributed by atoms with E-state index in [0.717, 1.165) is 5.69 Å². The highest BCUT2D eigenvalue weighted by Crippen LogP contribution is 2.29. The Morgan fingerprint density at radius 1 is 1.10 bits per heavy atom. The molecule has 0 unspecified atom stereocenters. The van der Waals surface area contributed by atoms with Crippen LogP contribution >= 0.6 is 0 Å². The minimum Gasteiger partial charge on any atom is -0.494 e. The Morgan fingerprint density at radius 2 is 1.90 bits per heavy atom. The lowest BCUT2D eigenvalue weighted by atomic mass is 10.1. The molecular weight excluding hydrogens is 271 g/mol. The van der Waals surface area contributed by atoms with Gasteiger partial charge in [0.25, 0.3) is 0 Å². The van der Waals surface area contributed by atoms with Gasteiger partial charge >= 0.3 is 0 Å². The Balaban J connectivity index is 2.09. The van der Waals surface area contributed by atoms with Crippen LogP contribution in [0.25, 0.3) is 22.6 Å². The van der Waals surface area contributed by atoms with E-state index in [0.29, 0.717) is 22.6 Å². The molecule has 3 rings (SSSR count). The quantitative estimate of drug-likeness (QED) is 0.803. The average Bonchev–Trinajstić information content (AvgIpc) is 2.96. The summed E-state index contributed by atoms with van der Waals surface area (Å²) in [5.41, 5.74) is 3.32. The number of hydrogen-bond donors (Lipinski definition) is 1. The minimum atomic E-state index is -0.443. The van der Waals surface area contributed by atoms with E-state index >= 15 is 0 Å². The van der Waals surface area contributed by atoms with Gasteiger partial charge in [-0.25, -0.2) is 4.39 Å². The number of hydrogen-bond acceptors (Lipinski definition) is 4. The van der Waals surface area contributed by atoms with Crippen LogP contribution in [0.1, 0.15) is 5.69 Å². The largest absolute Gasteiger partial charge is 0.494 e. The maximum Gasteiger partial charge on any atom is 0.165 e. The van der Waals surface area contributed by atoms with Gasteiger partial charge in [0, 0.05) is 11.3 Å². The summed E-state index contributed by atoms with van der Waals surface area (Å²) in [5, 5.41) is 10.8. The number of aryl methyl sites for hydroxylation is 1. The first-order valence-corrected chi connectivity index (χ1v) is 6.38. The fraction of sp³-hybridized carbons (Fsp3) is 0.133. The summed E-state index contributed by atoms with van der Waals surface area (Å²) in [6.07, 6.45) is 0. The van der Waals surface area contributed by atoms with Gasteiger partial charge in [0.2, 0.25) is 0 Å². The van der Waals surface area contributed by atoms with E-state index in [2.05, 4.69) is 20.4 Å². The molecule has 0 spiro atoms. The van der Waals surface area contributed by atoms with Crippen molar-refractivity contribution in [1.82, 2.24) is 20.4 Å². The minimum absolute atomic E-state index is 0.192. The molecule has 6 heteroatoms. The van der Waals surface area contributed by atoms with E-state index in [4.69, 9.17) is 4.74 Å². The predicted molar refractivity (Wildman–Crippen MR) is 76.3 cm³/mol. The summed E-state index contributed by atoms with van der Waals surface area (Å²) in [4.78, 5) is 4.42. The van der Waals surface area contributed by atoms with Crippen molar-refractivity contribution in [1.29, 1.82) is 0 Å². The molecule has 0 aliphatic carbocycles. The molecule has 0 aliphatic heterocycles. The van der Waals surface area contributed by atoms with Gasteiger partial charge in [-0.2, -0.15) is 15.4 Å². The Bertz CT molecular complexity index is 785. The number of ether oxygens (including phenoxy) is 1. The Morgan fingerprint density at radius 3 is 2.62 bits per heavy atom. The third-order valence-corrected chi connectivity index (χ3v) is 3.10. The zero-order chi connectivity index (χ0) is 14.8. The normalized spacial score (nSPS) is 10.6. The molecule has 0 saturated heterocycles. The number of nitrogens with zero attached hydrogens (tertiary/aromatic N) is 3. The molecule has 0 saturated carbocycles. The van der Waals surface area contributed by atoms with E-state index in [9.17, 15) is 4.39 Å². The molecule has 106 valence electrons. The molecule has 0 aliphatic rings. The molecule has 5 nitrogen and oxygen atoms in total. The molecule has 3 aromatic rings. The molecule has 1 N–H and O–H groups in total. The van der Waals surface area contributed by atoms with Gasteiger partial charge in [-0.3, -0.25) is 4.98 Å². The second kappa shape index (κ2) is 5.32. The first-order chi connectivity index (χ1) is 10.2. The molecule has 2 aromatic heterocycles. The van der Waals surface area contributed by atoms with Crippen LogP contribution in [0.3, 0.4) is 0 Å². The van der Waals surface area contributed by atoms with Gasteiger partial charge in [-0.05, 0) is 37.3 Å². The lowest BCUT2D eigenvalue weighted by molar-refractivity contribution is 0.386. The summed E-state index contributed by atoms with van der Waals surface area (Å²) in [5.74, 6) is -0.251. The Kier molecular flexibility index (Phi) is 3.35. The van der Waals surface area contributed by atoms with Crippen molar-refractivity contribution >= 4 is 0 Å². The second-order valence-electron chi connectivity index (χ2n) is 4.53. The highest BCUT2D eigenvalue weighted by Gasteiger charge is 2.15. The highest BCUT2D eigenvalue weighted by molar-refractivity contribution is 5.75. The zero-order valence-corrected chi connectivity index (χ0v) is 11.6. The molecule has 0 fully saturated rings. The summed E-state index contributed by atoms with van der Waals surface area (Å²) in [7, 11) is 1.43. The van der Waals surface area contributed by atoms with E-state index in [1.807, 2.05) is 25.1 Å². The van der Waals surface area contributed by atoms with Crippen LogP contribution in [-0.4, -0.2) is 27.5 Å². The van der Waals surface area contributed by atoms with E-state index in [-0.39, 0.29) is 5.75 Å². The number of aromatic amines is 1. The van der Waals surface area contributed by atoms with Crippen LogP contribution in [0.15, 0.2) is 36.4 Å². The molecule has 21 heavy (non-hydrogen) atoms. The smallest absolute Gasteiger partial charge is 0.165 e. The second-order valence-corrected chi connectivity index (χ2v) is 4.53. The van der Waals surface area contributed by atoms with Crippen LogP contribution in [0.2, 0.25) is 0 Å². The van der Waals surface area contributed by atoms with Gasteiger partial charge in [0.15, 0.2) is 11.6 Å². The number of benzene rings is 1. The maximum atomic E-state index is 13.8. The fourth-order valence-corrected chi connectivity index (χ4v) is 2.10. The predicted octanol–water partition coefficient (Wildman–Crippen LogP) is 2.99. The van der Waals surface area contributed by atoms with E-state index < -0.39 is 5.82 Å². The van der Waals surface area contributed by atoms with Crippen molar-refractivity contribution in [2.75, 3.05) is 7.11 Å². The van der Waals surface area contributed by atoms with Crippen molar-refractivity contribution in [2.45, 2.75) is 6.92 Å². The van der Waals surface area contributed by atoms with Gasteiger partial charge in [-0.15, -0.1) is 0 Å². The molecule has 0 bridgehead atoms. The molecule has 0 radical (unpaired) electrons. The van der Waals surface area contributed by atoms with Crippen molar-refractivity contribution in [3.8, 4) is 28.4 Å². The van der Waals surface area contributed by atoms with Gasteiger partial charge in [0.1, 0.15) is 11.4 Å². The molecular formula is C15H13FN4O. The number of H-pyrrole nitrogens is 1. The Hall–Kier alpha value is -2.76. The third-order valence-electron chi connectivity index (χ3n) is 3.10. The molecule has 0 atom stereocenters. The standard InChI is InChI=1S/C15H13FN4O/c1-9-4-3-5-12(17-9)15-14(18-20-19-15)10-6-7-13(21-2)11(16)8-10/h3-8H,1-2H3,(H,18,19,20). The maximum absolute atomic E-state index is 13.8. The number of aromatic nitrogens is 4. The molecule has 1 aromatic carbocycles. The van der Waals surface area contributed by atoms with Crippen molar-refractivity contribution in [3.05, 3.63) is 47.9 Å². The summed E-state index contributed by atoms with van der Waals surface area (Å²) < 4.78 is 18.8. The summed E-state index contributed by atoms with van der Waals surface area (Å²) in [6, 6.07) is 10.3. The zero-order valence-electron chi connectivity index (χ0n) is 11.6. The van der Waals surface area contributed by atoms with Gasteiger partial charge < -0.3 is 4.74 Å². The lowest BCUT2D eigenvalue weighted by Crippen LogP contribution is -1.91. The topological polar surface area (TPSA) is 63.7 Å². The summed E-state index contributed by atoms with van der Waals surface area (Å²) >= 11 is 0. The number of rotatable bonds is 3. The number of methoxy groups -OCH3 is 1. The van der Waals surface area contributed by atoms with E-state index in [1.165, 1.54) is 13.2 Å². The van der Waals surface area contributed by atoms with Crippen molar-refractivity contribution < 1.29 is 9.13 Å². The number of pyridine rings is 1.